The molecule has 1 aromatic rings. The molecule has 0 spiro atoms. The van der Waals surface area contributed by atoms with Crippen molar-refractivity contribution in [2.45, 2.75) is 26.4 Å². The molecule has 0 aromatic carbocycles. The molecule has 0 aliphatic carbocycles. The normalized spacial score (nSPS) is 19.6. The molecule has 17 heavy (non-hydrogen) atoms. The molecule has 2 rings (SSSR count). The number of ether oxygens (including phenoxy) is 2. The van der Waals surface area contributed by atoms with Crippen LogP contribution in [0.5, 0.6) is 11.9 Å². The van der Waals surface area contributed by atoms with Gasteiger partial charge in [-0.15, -0.1) is 0 Å². The fourth-order valence-corrected chi connectivity index (χ4v) is 1.75. The first-order valence-corrected chi connectivity index (χ1v) is 6.07. The smallest absolute Gasteiger partial charge is 0.319 e. The molecule has 5 nitrogen and oxygen atoms in total. The largest absolute Gasteiger partial charge is 0.475 e. The molecule has 1 aliphatic heterocycles. The number of rotatable bonds is 5. The van der Waals surface area contributed by atoms with Crippen LogP contribution in [0.15, 0.2) is 12.3 Å². The van der Waals surface area contributed by atoms with Crippen molar-refractivity contribution >= 4 is 0 Å². The molecular weight excluding hydrogens is 218 g/mol. The van der Waals surface area contributed by atoms with E-state index in [9.17, 15) is 0 Å². The number of nitrogens with one attached hydrogen (secondary N) is 1. The van der Waals surface area contributed by atoms with Crippen LogP contribution >= 0.6 is 0 Å². The van der Waals surface area contributed by atoms with Gasteiger partial charge in [-0.2, -0.15) is 4.98 Å². The molecule has 5 heteroatoms. The van der Waals surface area contributed by atoms with Gasteiger partial charge in [0, 0.05) is 24.7 Å². The van der Waals surface area contributed by atoms with Gasteiger partial charge in [0.2, 0.25) is 5.88 Å². The third-order valence-corrected chi connectivity index (χ3v) is 2.57. The fourth-order valence-electron chi connectivity index (χ4n) is 1.75. The van der Waals surface area contributed by atoms with Gasteiger partial charge in [-0.3, -0.25) is 0 Å². The van der Waals surface area contributed by atoms with E-state index in [1.165, 1.54) is 0 Å². The highest BCUT2D eigenvalue weighted by molar-refractivity contribution is 5.11. The molecule has 1 fully saturated rings. The first-order valence-electron chi connectivity index (χ1n) is 6.07. The highest BCUT2D eigenvalue weighted by Gasteiger charge is 2.15. The summed E-state index contributed by atoms with van der Waals surface area (Å²) in [6.07, 6.45) is 2.92. The van der Waals surface area contributed by atoms with Crippen molar-refractivity contribution < 1.29 is 9.47 Å². The predicted molar refractivity (Wildman–Crippen MR) is 64.3 cm³/mol. The second kappa shape index (κ2) is 5.82. The minimum atomic E-state index is 0.108. The van der Waals surface area contributed by atoms with Gasteiger partial charge in [0.1, 0.15) is 0 Å². The van der Waals surface area contributed by atoms with Crippen LogP contribution in [0, 0.1) is 5.92 Å². The fraction of sp³-hybridized carbons (Fsp3) is 0.667. The molecule has 1 atom stereocenters. The van der Waals surface area contributed by atoms with Gasteiger partial charge >= 0.3 is 6.01 Å². The van der Waals surface area contributed by atoms with Crippen LogP contribution in [-0.4, -0.2) is 35.8 Å². The molecule has 94 valence electrons. The Kier molecular flexibility index (Phi) is 4.14. The summed E-state index contributed by atoms with van der Waals surface area (Å²) in [4.78, 5) is 8.27. The van der Waals surface area contributed by atoms with Crippen molar-refractivity contribution in [1.29, 1.82) is 0 Å². The van der Waals surface area contributed by atoms with Crippen molar-refractivity contribution in [1.82, 2.24) is 15.3 Å². The third kappa shape index (κ3) is 3.85. The van der Waals surface area contributed by atoms with E-state index in [-0.39, 0.29) is 6.10 Å². The Bertz CT molecular complexity index is 351. The molecule has 1 N–H and O–H groups in total. The van der Waals surface area contributed by atoms with Gasteiger partial charge in [0.05, 0.1) is 12.7 Å². The lowest BCUT2D eigenvalue weighted by atomic mass is 10.1. The van der Waals surface area contributed by atoms with Gasteiger partial charge in [0.25, 0.3) is 0 Å². The van der Waals surface area contributed by atoms with Crippen LogP contribution < -0.4 is 14.8 Å². The van der Waals surface area contributed by atoms with E-state index in [1.54, 1.807) is 12.3 Å². The second-order valence-electron chi connectivity index (χ2n) is 4.51. The Morgan fingerprint density at radius 2 is 2.41 bits per heavy atom. The minimum Gasteiger partial charge on any atom is -0.475 e. The molecule has 1 aromatic heterocycles. The van der Waals surface area contributed by atoms with Crippen LogP contribution in [0.4, 0.5) is 0 Å². The standard InChI is InChI=1S/C12H19N3O2/c1-9(2)17-11-4-6-14-12(15-11)16-8-10-3-5-13-7-10/h4,6,9-10,13H,3,5,7-8H2,1-2H3. The maximum atomic E-state index is 5.57. The van der Waals surface area contributed by atoms with Gasteiger partial charge in [-0.25, -0.2) is 4.98 Å². The predicted octanol–water partition coefficient (Wildman–Crippen LogP) is 1.25. The monoisotopic (exact) mass is 237 g/mol. The van der Waals surface area contributed by atoms with Crippen LogP contribution in [0.3, 0.4) is 0 Å². The lowest BCUT2D eigenvalue weighted by molar-refractivity contribution is 0.214. The first-order chi connectivity index (χ1) is 8.24. The zero-order valence-electron chi connectivity index (χ0n) is 10.3. The van der Waals surface area contributed by atoms with Gasteiger partial charge in [-0.05, 0) is 26.8 Å². The molecular formula is C12H19N3O2. The van der Waals surface area contributed by atoms with Crippen LogP contribution in [-0.2, 0) is 0 Å². The van der Waals surface area contributed by atoms with E-state index >= 15 is 0 Å². The van der Waals surface area contributed by atoms with Crippen molar-refractivity contribution in [2.24, 2.45) is 5.92 Å². The third-order valence-electron chi connectivity index (χ3n) is 2.57. The zero-order valence-corrected chi connectivity index (χ0v) is 10.3. The van der Waals surface area contributed by atoms with E-state index in [0.29, 0.717) is 24.4 Å². The van der Waals surface area contributed by atoms with Crippen molar-refractivity contribution in [3.63, 3.8) is 0 Å². The number of aromatic nitrogens is 2. The number of nitrogens with zero attached hydrogens (tertiary/aromatic N) is 2. The topological polar surface area (TPSA) is 56.3 Å². The van der Waals surface area contributed by atoms with E-state index < -0.39 is 0 Å². The molecule has 1 aliphatic rings. The molecule has 0 saturated carbocycles. The lowest BCUT2D eigenvalue weighted by Gasteiger charge is -2.11. The van der Waals surface area contributed by atoms with Gasteiger partial charge < -0.3 is 14.8 Å². The Morgan fingerprint density at radius 3 is 3.12 bits per heavy atom. The van der Waals surface area contributed by atoms with Crippen molar-refractivity contribution in [3.8, 4) is 11.9 Å². The maximum absolute atomic E-state index is 5.57. The average molecular weight is 237 g/mol. The average Bonchev–Trinajstić information content (AvgIpc) is 2.79. The van der Waals surface area contributed by atoms with Crippen molar-refractivity contribution in [3.05, 3.63) is 12.3 Å². The highest BCUT2D eigenvalue weighted by atomic mass is 16.5. The Morgan fingerprint density at radius 1 is 1.53 bits per heavy atom. The van der Waals surface area contributed by atoms with E-state index in [0.717, 1.165) is 19.5 Å². The van der Waals surface area contributed by atoms with Crippen LogP contribution in [0.2, 0.25) is 0 Å². The number of hydrogen-bond acceptors (Lipinski definition) is 5. The Hall–Kier alpha value is -1.36. The van der Waals surface area contributed by atoms with Crippen molar-refractivity contribution in [2.75, 3.05) is 19.7 Å². The summed E-state index contributed by atoms with van der Waals surface area (Å²) in [5.74, 6) is 1.13. The summed E-state index contributed by atoms with van der Waals surface area (Å²) in [6, 6.07) is 2.14. The zero-order chi connectivity index (χ0) is 12.1. The van der Waals surface area contributed by atoms with Crippen LogP contribution in [0.25, 0.3) is 0 Å². The van der Waals surface area contributed by atoms with Gasteiger partial charge in [-0.1, -0.05) is 0 Å². The summed E-state index contributed by atoms with van der Waals surface area (Å²) in [5, 5.41) is 3.30. The summed E-state index contributed by atoms with van der Waals surface area (Å²) >= 11 is 0. The SMILES string of the molecule is CC(C)Oc1ccnc(OCC2CCNC2)n1. The summed E-state index contributed by atoms with van der Waals surface area (Å²) in [5.41, 5.74) is 0. The molecule has 0 bridgehead atoms. The first kappa shape index (κ1) is 12.1. The maximum Gasteiger partial charge on any atom is 0.319 e. The van der Waals surface area contributed by atoms with E-state index in [2.05, 4.69) is 15.3 Å². The summed E-state index contributed by atoms with van der Waals surface area (Å²) < 4.78 is 11.1. The molecule has 1 unspecified atom stereocenters. The minimum absolute atomic E-state index is 0.108. The Balaban J connectivity index is 1.86. The van der Waals surface area contributed by atoms with Gasteiger partial charge in [0.15, 0.2) is 0 Å². The summed E-state index contributed by atoms with van der Waals surface area (Å²) in [7, 11) is 0. The second-order valence-corrected chi connectivity index (χ2v) is 4.51. The number of hydrogen-bond donors (Lipinski definition) is 1. The molecule has 0 radical (unpaired) electrons. The quantitative estimate of drug-likeness (QED) is 0.835. The summed E-state index contributed by atoms with van der Waals surface area (Å²) in [6.45, 7) is 6.69. The van der Waals surface area contributed by atoms with E-state index in [1.807, 2.05) is 13.8 Å². The Labute approximate surface area is 102 Å². The lowest BCUT2D eigenvalue weighted by Crippen LogP contribution is -2.16. The highest BCUT2D eigenvalue weighted by Crippen LogP contribution is 2.14. The molecule has 1 saturated heterocycles. The molecule has 2 heterocycles. The van der Waals surface area contributed by atoms with E-state index in [4.69, 9.17) is 9.47 Å². The van der Waals surface area contributed by atoms with Crippen LogP contribution in [0.1, 0.15) is 20.3 Å². The molecule has 0 amide bonds.